The van der Waals surface area contributed by atoms with Crippen molar-refractivity contribution < 1.29 is 24.5 Å². The molecule has 0 radical (unpaired) electrons. The standard InChI is InChI=1S/C26H26O5/c1-3-4-10-21-17(2)15-22(25(27)28)23(24(21)26(29)30)19-11-13-20(14-12-19)31-16-18-8-6-5-7-9-18/h5-9,11-15H,3-4,10,16H2,1-2H3,(H,27,28)(H,29,30). The van der Waals surface area contributed by atoms with Crippen molar-refractivity contribution >= 4 is 11.9 Å². The second-order valence-corrected chi connectivity index (χ2v) is 7.48. The van der Waals surface area contributed by atoms with Gasteiger partial charge in [-0.3, -0.25) is 0 Å². The minimum absolute atomic E-state index is 0.00639. The summed E-state index contributed by atoms with van der Waals surface area (Å²) in [6.07, 6.45) is 2.34. The second-order valence-electron chi connectivity index (χ2n) is 7.48. The average molecular weight is 418 g/mol. The Morgan fingerprint density at radius 3 is 2.19 bits per heavy atom. The molecular formula is C26H26O5. The van der Waals surface area contributed by atoms with E-state index in [0.717, 1.165) is 18.4 Å². The molecule has 2 N–H and O–H groups in total. The number of hydrogen-bond donors (Lipinski definition) is 2. The lowest BCUT2D eigenvalue weighted by atomic mass is 9.86. The van der Waals surface area contributed by atoms with Gasteiger partial charge in [-0.1, -0.05) is 55.8 Å². The summed E-state index contributed by atoms with van der Waals surface area (Å²) >= 11 is 0. The van der Waals surface area contributed by atoms with Gasteiger partial charge in [0.05, 0.1) is 11.1 Å². The van der Waals surface area contributed by atoms with Gasteiger partial charge in [-0.2, -0.15) is 0 Å². The predicted molar refractivity (Wildman–Crippen MR) is 120 cm³/mol. The van der Waals surface area contributed by atoms with Crippen molar-refractivity contribution in [2.75, 3.05) is 0 Å². The van der Waals surface area contributed by atoms with Gasteiger partial charge in [-0.15, -0.1) is 0 Å². The van der Waals surface area contributed by atoms with Crippen LogP contribution in [0.25, 0.3) is 11.1 Å². The second kappa shape index (κ2) is 9.94. The summed E-state index contributed by atoms with van der Waals surface area (Å²) in [6.45, 7) is 4.22. The number of rotatable bonds is 9. The topological polar surface area (TPSA) is 83.8 Å². The fourth-order valence-corrected chi connectivity index (χ4v) is 3.70. The van der Waals surface area contributed by atoms with Crippen molar-refractivity contribution in [3.05, 3.63) is 88.5 Å². The summed E-state index contributed by atoms with van der Waals surface area (Å²) in [4.78, 5) is 24.2. The van der Waals surface area contributed by atoms with Gasteiger partial charge in [0, 0.05) is 5.56 Å². The van der Waals surface area contributed by atoms with Crippen molar-refractivity contribution in [2.45, 2.75) is 39.7 Å². The molecule has 0 aliphatic heterocycles. The largest absolute Gasteiger partial charge is 0.489 e. The van der Waals surface area contributed by atoms with Gasteiger partial charge in [0.2, 0.25) is 0 Å². The number of carboxylic acids is 2. The zero-order valence-corrected chi connectivity index (χ0v) is 17.7. The van der Waals surface area contributed by atoms with E-state index in [1.165, 1.54) is 0 Å². The molecule has 160 valence electrons. The van der Waals surface area contributed by atoms with Crippen LogP contribution in [-0.4, -0.2) is 22.2 Å². The van der Waals surface area contributed by atoms with E-state index in [-0.39, 0.29) is 16.7 Å². The third kappa shape index (κ3) is 5.12. The molecule has 3 aromatic carbocycles. The van der Waals surface area contributed by atoms with Crippen LogP contribution in [0.1, 0.15) is 57.2 Å². The lowest BCUT2D eigenvalue weighted by Gasteiger charge is -2.18. The number of hydrogen-bond acceptors (Lipinski definition) is 3. The fourth-order valence-electron chi connectivity index (χ4n) is 3.70. The van der Waals surface area contributed by atoms with Crippen LogP contribution in [0.5, 0.6) is 5.75 Å². The summed E-state index contributed by atoms with van der Waals surface area (Å²) in [5.74, 6) is -1.64. The van der Waals surface area contributed by atoms with Crippen LogP contribution < -0.4 is 4.74 Å². The van der Waals surface area contributed by atoms with Crippen LogP contribution in [0.15, 0.2) is 60.7 Å². The van der Waals surface area contributed by atoms with E-state index in [2.05, 4.69) is 0 Å². The molecule has 0 atom stereocenters. The van der Waals surface area contributed by atoms with E-state index in [4.69, 9.17) is 4.74 Å². The molecule has 3 aromatic rings. The van der Waals surface area contributed by atoms with Crippen molar-refractivity contribution in [1.82, 2.24) is 0 Å². The molecular weight excluding hydrogens is 392 g/mol. The van der Waals surface area contributed by atoms with Gasteiger partial charge in [-0.25, -0.2) is 9.59 Å². The molecule has 0 heterocycles. The van der Waals surface area contributed by atoms with Gasteiger partial charge in [0.15, 0.2) is 0 Å². The lowest BCUT2D eigenvalue weighted by Crippen LogP contribution is -2.12. The van der Waals surface area contributed by atoms with Crippen molar-refractivity contribution in [3.8, 4) is 16.9 Å². The molecule has 0 aliphatic carbocycles. The molecule has 0 aromatic heterocycles. The third-order valence-electron chi connectivity index (χ3n) is 5.27. The fraction of sp³-hybridized carbons (Fsp3) is 0.231. The van der Waals surface area contributed by atoms with Gasteiger partial charge in [0.25, 0.3) is 0 Å². The number of carbonyl (C=O) groups is 2. The molecule has 0 unspecified atom stereocenters. The van der Waals surface area contributed by atoms with Crippen molar-refractivity contribution in [1.29, 1.82) is 0 Å². The Bertz CT molecular complexity index is 1070. The predicted octanol–water partition coefficient (Wildman–Crippen LogP) is 5.98. The third-order valence-corrected chi connectivity index (χ3v) is 5.27. The Hall–Kier alpha value is -3.60. The molecule has 5 nitrogen and oxygen atoms in total. The zero-order valence-electron chi connectivity index (χ0n) is 17.7. The highest BCUT2D eigenvalue weighted by atomic mass is 16.5. The molecule has 3 rings (SSSR count). The Balaban J connectivity index is 2.01. The first-order valence-electron chi connectivity index (χ1n) is 10.3. The van der Waals surface area contributed by atoms with Crippen LogP contribution >= 0.6 is 0 Å². The minimum atomic E-state index is -1.15. The van der Waals surface area contributed by atoms with Crippen LogP contribution in [0.2, 0.25) is 0 Å². The molecule has 0 saturated carbocycles. The SMILES string of the molecule is CCCCc1c(C)cc(C(=O)O)c(-c2ccc(OCc3ccccc3)cc2)c1C(=O)O. The monoisotopic (exact) mass is 418 g/mol. The maximum Gasteiger partial charge on any atom is 0.336 e. The van der Waals surface area contributed by atoms with Crippen molar-refractivity contribution in [2.24, 2.45) is 0 Å². The first-order valence-corrected chi connectivity index (χ1v) is 10.3. The zero-order chi connectivity index (χ0) is 22.4. The van der Waals surface area contributed by atoms with Gasteiger partial charge in [-0.05, 0) is 60.2 Å². The van der Waals surface area contributed by atoms with E-state index in [0.29, 0.717) is 35.5 Å². The summed E-state index contributed by atoms with van der Waals surface area (Å²) < 4.78 is 5.80. The number of benzene rings is 3. The first-order chi connectivity index (χ1) is 14.9. The average Bonchev–Trinajstić information content (AvgIpc) is 2.77. The quantitative estimate of drug-likeness (QED) is 0.447. The first kappa shape index (κ1) is 22.1. The molecule has 5 heteroatoms. The van der Waals surface area contributed by atoms with Crippen LogP contribution in [-0.2, 0) is 13.0 Å². The normalized spacial score (nSPS) is 10.6. The number of ether oxygens (including phenoxy) is 1. The van der Waals surface area contributed by atoms with E-state index in [1.54, 1.807) is 37.3 Å². The maximum absolute atomic E-state index is 12.2. The Morgan fingerprint density at radius 1 is 0.935 bits per heavy atom. The number of aryl methyl sites for hydroxylation is 1. The van der Waals surface area contributed by atoms with Crippen LogP contribution in [0.4, 0.5) is 0 Å². The van der Waals surface area contributed by atoms with E-state index >= 15 is 0 Å². The summed E-state index contributed by atoms with van der Waals surface area (Å²) in [5, 5.41) is 19.8. The highest BCUT2D eigenvalue weighted by Gasteiger charge is 2.25. The minimum Gasteiger partial charge on any atom is -0.489 e. The lowest BCUT2D eigenvalue weighted by molar-refractivity contribution is 0.0695. The van der Waals surface area contributed by atoms with Crippen molar-refractivity contribution in [3.63, 3.8) is 0 Å². The molecule has 0 spiro atoms. The van der Waals surface area contributed by atoms with E-state index in [1.807, 2.05) is 37.3 Å². The Morgan fingerprint density at radius 2 is 1.61 bits per heavy atom. The molecule has 31 heavy (non-hydrogen) atoms. The molecule has 0 fully saturated rings. The van der Waals surface area contributed by atoms with Gasteiger partial charge in [0.1, 0.15) is 12.4 Å². The smallest absolute Gasteiger partial charge is 0.336 e. The van der Waals surface area contributed by atoms with E-state index < -0.39 is 11.9 Å². The summed E-state index contributed by atoms with van der Waals surface area (Å²) in [5.41, 5.74) is 3.27. The van der Waals surface area contributed by atoms with Gasteiger partial charge >= 0.3 is 11.9 Å². The summed E-state index contributed by atoms with van der Waals surface area (Å²) in [6, 6.07) is 18.2. The molecule has 0 saturated heterocycles. The molecule has 0 aliphatic rings. The van der Waals surface area contributed by atoms with Gasteiger partial charge < -0.3 is 14.9 Å². The Kier molecular flexibility index (Phi) is 7.08. The number of aromatic carboxylic acids is 2. The molecule has 0 amide bonds. The summed E-state index contributed by atoms with van der Waals surface area (Å²) in [7, 11) is 0. The molecule has 0 bridgehead atoms. The highest BCUT2D eigenvalue weighted by molar-refractivity contribution is 6.06. The number of unbranched alkanes of at least 4 members (excludes halogenated alkanes) is 1. The van der Waals surface area contributed by atoms with Crippen LogP contribution in [0, 0.1) is 6.92 Å². The Labute approximate surface area is 181 Å². The van der Waals surface area contributed by atoms with E-state index in [9.17, 15) is 19.8 Å². The number of carboxylic acid groups (broad SMARTS) is 2. The highest BCUT2D eigenvalue weighted by Crippen LogP contribution is 2.34. The maximum atomic E-state index is 12.2. The van der Waals surface area contributed by atoms with Crippen LogP contribution in [0.3, 0.4) is 0 Å².